The van der Waals surface area contributed by atoms with Gasteiger partial charge in [-0.15, -0.1) is 0 Å². The lowest BCUT2D eigenvalue weighted by Gasteiger charge is -2.10. The molecule has 0 saturated carbocycles. The molecule has 0 saturated heterocycles. The van der Waals surface area contributed by atoms with Crippen molar-refractivity contribution < 1.29 is 9.59 Å². The Hall–Kier alpha value is -1.64. The van der Waals surface area contributed by atoms with E-state index in [4.69, 9.17) is 5.73 Å². The number of hydrogen-bond acceptors (Lipinski definition) is 3. The first-order chi connectivity index (χ1) is 10.7. The summed E-state index contributed by atoms with van der Waals surface area (Å²) in [6.07, 6.45) is 11.3. The lowest BCUT2D eigenvalue weighted by Crippen LogP contribution is -2.10. The second-order valence-corrected chi connectivity index (χ2v) is 6.30. The van der Waals surface area contributed by atoms with Crippen molar-refractivity contribution in [2.75, 3.05) is 5.73 Å². The predicted molar refractivity (Wildman–Crippen MR) is 90.3 cm³/mol. The number of hydrogen-bond donors (Lipinski definition) is 1. The summed E-state index contributed by atoms with van der Waals surface area (Å²) in [5.41, 5.74) is 7.52. The van der Waals surface area contributed by atoms with Gasteiger partial charge in [-0.3, -0.25) is 9.59 Å². The van der Waals surface area contributed by atoms with E-state index in [1.165, 1.54) is 32.1 Å². The zero-order valence-electron chi connectivity index (χ0n) is 13.4. The van der Waals surface area contributed by atoms with Gasteiger partial charge in [0.15, 0.2) is 11.6 Å². The number of carbonyl (C=O) groups is 2. The lowest BCUT2D eigenvalue weighted by molar-refractivity contribution is 0.0978. The van der Waals surface area contributed by atoms with Crippen LogP contribution in [-0.4, -0.2) is 11.6 Å². The first kappa shape index (κ1) is 16.7. The van der Waals surface area contributed by atoms with E-state index < -0.39 is 0 Å². The third-order valence-electron chi connectivity index (χ3n) is 4.51. The van der Waals surface area contributed by atoms with Gasteiger partial charge in [-0.1, -0.05) is 51.0 Å². The van der Waals surface area contributed by atoms with Crippen molar-refractivity contribution in [3.8, 4) is 0 Å². The van der Waals surface area contributed by atoms with Crippen LogP contribution in [0.2, 0.25) is 0 Å². The molecule has 0 fully saturated rings. The maximum Gasteiger partial charge on any atom is 0.164 e. The predicted octanol–water partition coefficient (Wildman–Crippen LogP) is 4.94. The maximum absolute atomic E-state index is 12.3. The zero-order valence-corrected chi connectivity index (χ0v) is 13.4. The molecule has 0 aliphatic heterocycles. The van der Waals surface area contributed by atoms with Gasteiger partial charge < -0.3 is 5.73 Å². The van der Waals surface area contributed by atoms with Crippen molar-refractivity contribution in [2.45, 2.75) is 70.6 Å². The van der Waals surface area contributed by atoms with Gasteiger partial charge in [0.2, 0.25) is 0 Å². The number of carbonyl (C=O) groups excluding carboxylic acids is 2. The Kier molecular flexibility index (Phi) is 6.63. The van der Waals surface area contributed by atoms with E-state index >= 15 is 0 Å². The largest absolute Gasteiger partial charge is 0.398 e. The third kappa shape index (κ3) is 4.69. The van der Waals surface area contributed by atoms with Gasteiger partial charge >= 0.3 is 0 Å². The van der Waals surface area contributed by atoms with Crippen molar-refractivity contribution in [1.82, 2.24) is 0 Å². The van der Waals surface area contributed by atoms with E-state index in [-0.39, 0.29) is 11.6 Å². The first-order valence-electron chi connectivity index (χ1n) is 8.65. The number of rotatable bonds is 0. The van der Waals surface area contributed by atoms with Gasteiger partial charge in [0.05, 0.1) is 5.69 Å². The van der Waals surface area contributed by atoms with E-state index in [9.17, 15) is 9.59 Å². The SMILES string of the molecule is Nc1c2cccc1C(=O)CCCCCCCCCCCC2=O. The number of anilines is 1. The van der Waals surface area contributed by atoms with Crippen molar-refractivity contribution >= 4 is 17.3 Å². The fourth-order valence-electron chi connectivity index (χ4n) is 3.13. The van der Waals surface area contributed by atoms with Gasteiger partial charge in [0, 0.05) is 24.0 Å². The highest BCUT2D eigenvalue weighted by atomic mass is 16.1. The van der Waals surface area contributed by atoms with Gasteiger partial charge in [-0.05, 0) is 25.0 Å². The van der Waals surface area contributed by atoms with Crippen LogP contribution >= 0.6 is 0 Å². The van der Waals surface area contributed by atoms with Crippen LogP contribution in [0, 0.1) is 0 Å². The summed E-state index contributed by atoms with van der Waals surface area (Å²) in [4.78, 5) is 24.6. The summed E-state index contributed by atoms with van der Waals surface area (Å²) in [6, 6.07) is 5.27. The molecular formula is C19H27NO2. The summed E-state index contributed by atoms with van der Waals surface area (Å²) in [5.74, 6) is 0.137. The Morgan fingerprint density at radius 2 is 1.00 bits per heavy atom. The minimum Gasteiger partial charge on any atom is -0.398 e. The van der Waals surface area contributed by atoms with E-state index in [2.05, 4.69) is 0 Å². The smallest absolute Gasteiger partial charge is 0.164 e. The van der Waals surface area contributed by atoms with Crippen LogP contribution in [-0.2, 0) is 0 Å². The Morgan fingerprint density at radius 3 is 1.41 bits per heavy atom. The van der Waals surface area contributed by atoms with Gasteiger partial charge in [-0.2, -0.15) is 0 Å². The number of nitrogen functional groups attached to an aromatic ring is 1. The highest BCUT2D eigenvalue weighted by molar-refractivity contribution is 6.08. The molecule has 2 bridgehead atoms. The molecule has 0 radical (unpaired) electrons. The van der Waals surface area contributed by atoms with Gasteiger partial charge in [0.25, 0.3) is 0 Å². The van der Waals surface area contributed by atoms with Crippen LogP contribution in [0.5, 0.6) is 0 Å². The molecule has 0 spiro atoms. The zero-order chi connectivity index (χ0) is 15.8. The molecule has 0 atom stereocenters. The van der Waals surface area contributed by atoms with Crippen LogP contribution in [0.1, 0.15) is 91.3 Å². The van der Waals surface area contributed by atoms with Gasteiger partial charge in [-0.25, -0.2) is 0 Å². The molecule has 120 valence electrons. The average molecular weight is 301 g/mol. The van der Waals surface area contributed by atoms with Gasteiger partial charge in [0.1, 0.15) is 0 Å². The molecule has 0 aromatic heterocycles. The summed E-state index contributed by atoms with van der Waals surface area (Å²) in [6.45, 7) is 0. The number of fused-ring (bicyclic) bond motifs is 2. The second kappa shape index (κ2) is 8.72. The second-order valence-electron chi connectivity index (χ2n) is 6.30. The van der Waals surface area contributed by atoms with E-state index in [1.807, 2.05) is 0 Å². The minimum atomic E-state index is 0.0687. The Morgan fingerprint density at radius 1 is 0.636 bits per heavy atom. The summed E-state index contributed by atoms with van der Waals surface area (Å²) in [5, 5.41) is 0. The highest BCUT2D eigenvalue weighted by Crippen LogP contribution is 2.23. The third-order valence-corrected chi connectivity index (χ3v) is 4.51. The fraction of sp³-hybridized carbons (Fsp3) is 0.579. The van der Waals surface area contributed by atoms with Crippen molar-refractivity contribution in [1.29, 1.82) is 0 Å². The maximum atomic E-state index is 12.3. The number of benzene rings is 1. The number of nitrogens with two attached hydrogens (primary N) is 1. The van der Waals surface area contributed by atoms with Crippen LogP contribution in [0.4, 0.5) is 5.69 Å². The monoisotopic (exact) mass is 301 g/mol. The number of ketones is 2. The molecule has 0 heterocycles. The molecule has 2 rings (SSSR count). The van der Waals surface area contributed by atoms with Crippen LogP contribution in [0.3, 0.4) is 0 Å². The number of para-hydroxylation sites is 1. The van der Waals surface area contributed by atoms with Crippen molar-refractivity contribution in [3.63, 3.8) is 0 Å². The Balaban J connectivity index is 2.13. The lowest BCUT2D eigenvalue weighted by atomic mass is 9.95. The van der Waals surface area contributed by atoms with E-state index in [0.29, 0.717) is 29.7 Å². The number of Topliss-reactive ketones (excluding diaryl/α,β-unsaturated/α-hetero) is 2. The molecule has 0 unspecified atom stereocenters. The Bertz CT molecular complexity index is 480. The normalized spacial score (nSPS) is 19.1. The van der Waals surface area contributed by atoms with Crippen LogP contribution in [0.15, 0.2) is 18.2 Å². The van der Waals surface area contributed by atoms with Crippen LogP contribution < -0.4 is 5.73 Å². The van der Waals surface area contributed by atoms with E-state index in [0.717, 1.165) is 25.7 Å². The first-order valence-corrected chi connectivity index (χ1v) is 8.65. The van der Waals surface area contributed by atoms with Crippen molar-refractivity contribution in [3.05, 3.63) is 29.3 Å². The summed E-state index contributed by atoms with van der Waals surface area (Å²) in [7, 11) is 0. The van der Waals surface area contributed by atoms with Crippen molar-refractivity contribution in [2.24, 2.45) is 0 Å². The molecule has 2 N–H and O–H groups in total. The fourth-order valence-corrected chi connectivity index (χ4v) is 3.13. The summed E-state index contributed by atoms with van der Waals surface area (Å²) >= 11 is 0. The summed E-state index contributed by atoms with van der Waals surface area (Å²) < 4.78 is 0. The highest BCUT2D eigenvalue weighted by Gasteiger charge is 2.16. The molecule has 1 aromatic carbocycles. The quantitative estimate of drug-likeness (QED) is 0.690. The average Bonchev–Trinajstić information content (AvgIpc) is 2.51. The molecule has 3 heteroatoms. The molecule has 22 heavy (non-hydrogen) atoms. The minimum absolute atomic E-state index is 0.0687. The molecule has 1 aliphatic rings. The standard InChI is InChI=1S/C19H27NO2/c20-19-15-11-10-12-16(19)18(22)14-9-7-5-3-1-2-4-6-8-13-17(15)21/h10-12H,1-9,13-14,20H2. The van der Waals surface area contributed by atoms with Crippen LogP contribution in [0.25, 0.3) is 0 Å². The topological polar surface area (TPSA) is 60.2 Å². The molecule has 1 aliphatic carbocycles. The Labute approximate surface area is 133 Å². The molecular weight excluding hydrogens is 274 g/mol. The molecule has 1 aromatic rings. The molecule has 0 amide bonds. The van der Waals surface area contributed by atoms with E-state index in [1.54, 1.807) is 18.2 Å². The molecule has 3 nitrogen and oxygen atoms in total.